The lowest BCUT2D eigenvalue weighted by molar-refractivity contribution is -0.148. The molecule has 0 unspecified atom stereocenters. The Balaban J connectivity index is 1.44. The summed E-state index contributed by atoms with van der Waals surface area (Å²) < 4.78 is 68.1. The molecule has 1 saturated heterocycles. The van der Waals surface area contributed by atoms with E-state index >= 15 is 0 Å². The first kappa shape index (κ1) is 82.1. The fraction of sp³-hybridized carbons (Fsp3) is 0.597. The quantitative estimate of drug-likeness (QED) is 0.0386. The van der Waals surface area contributed by atoms with Crippen molar-refractivity contribution in [3.8, 4) is 6.07 Å². The molecule has 4 rings (SSSR count). The number of sulfone groups is 2. The van der Waals surface area contributed by atoms with Crippen LogP contribution in [-0.4, -0.2) is 204 Å². The molecule has 12 atom stereocenters. The number of carbonyl (C=O) groups excluding carboxylic acids is 9. The molecule has 1 fully saturated rings. The first-order valence-electron chi connectivity index (χ1n) is 32.6. The molecule has 1 aliphatic rings. The minimum Gasteiger partial charge on any atom is -0.445 e. The molecule has 542 valence electrons. The maximum absolute atomic E-state index is 14.8. The van der Waals surface area contributed by atoms with E-state index in [-0.39, 0.29) is 55.8 Å². The number of primary amides is 1. The van der Waals surface area contributed by atoms with Crippen LogP contribution in [0.4, 0.5) is 15.3 Å². The third kappa shape index (κ3) is 22.4. The normalized spacial score (nSPS) is 16.7. The number of anilines is 1. The zero-order valence-corrected chi connectivity index (χ0v) is 60.5. The van der Waals surface area contributed by atoms with Crippen molar-refractivity contribution in [1.82, 2.24) is 46.3 Å². The van der Waals surface area contributed by atoms with Crippen molar-refractivity contribution in [2.75, 3.05) is 59.2 Å². The third-order valence-corrected chi connectivity index (χ3v) is 19.5. The zero-order valence-electron chi connectivity index (χ0n) is 58.9. The van der Waals surface area contributed by atoms with Crippen molar-refractivity contribution in [3.05, 3.63) is 82.9 Å². The minimum absolute atomic E-state index is 0.00169. The fourth-order valence-corrected chi connectivity index (χ4v) is 13.6. The predicted octanol–water partition coefficient (Wildman–Crippen LogP) is 3.98. The van der Waals surface area contributed by atoms with Crippen LogP contribution in [0.3, 0.4) is 0 Å². The number of hydrogen-bond acceptors (Lipinski definition) is 19. The lowest BCUT2D eigenvalue weighted by Crippen LogP contribution is -2.60. The molecule has 98 heavy (non-hydrogen) atoms. The Morgan fingerprint density at radius 2 is 1.38 bits per heavy atom. The molecule has 31 heteroatoms. The van der Waals surface area contributed by atoms with Crippen LogP contribution in [0.5, 0.6) is 0 Å². The van der Waals surface area contributed by atoms with Gasteiger partial charge in [0.25, 0.3) is 5.91 Å². The smallest absolute Gasteiger partial charge is 0.410 e. The van der Waals surface area contributed by atoms with E-state index in [4.69, 9.17) is 19.9 Å². The number of nitriles is 1. The summed E-state index contributed by atoms with van der Waals surface area (Å²) in [7, 11) is -2.66. The van der Waals surface area contributed by atoms with E-state index in [0.29, 0.717) is 49.4 Å². The molecule has 3 aromatic rings. The number of likely N-dealkylation sites (tertiary alicyclic amines) is 1. The summed E-state index contributed by atoms with van der Waals surface area (Å²) in [5.74, 6) is -7.08. The molecule has 0 aliphatic carbocycles. The molecule has 1 aliphatic heterocycles. The molecular formula is C67H100N12O17S2. The average Bonchev–Trinajstić information content (AvgIpc) is 0.850. The van der Waals surface area contributed by atoms with Gasteiger partial charge < -0.3 is 66.8 Å². The van der Waals surface area contributed by atoms with Crippen molar-refractivity contribution >= 4 is 78.8 Å². The number of urea groups is 1. The van der Waals surface area contributed by atoms with Crippen molar-refractivity contribution in [2.24, 2.45) is 35.3 Å². The fourth-order valence-electron chi connectivity index (χ4n) is 11.9. The maximum Gasteiger partial charge on any atom is 0.410 e. The SMILES string of the molecule is CC[C@H](C)[C@@H]([C@@H](CC(=O)N1CCC[C@H]1[C@H](OC)[C@@H](C)C(=O)N[C@H](C)[C@@H](O)c1ccccc1)OC)N(C)C(=O)[C@@H](NC(=O)[C@H](C(C)C)N(C)C(=O)OCc1ccc(NC(=O)[C@H](CCCNC(N)=O)NC(=O)[C@@H](NC(=O)c2cc(C#N)c(S(C)(=O)=O)nc2S(C)(=O)=O)C(C)C)cc1)C(C)C. The highest BCUT2D eigenvalue weighted by molar-refractivity contribution is 7.91. The van der Waals surface area contributed by atoms with E-state index < -0.39 is 167 Å². The first-order chi connectivity index (χ1) is 45.8. The van der Waals surface area contributed by atoms with Crippen LogP contribution in [0.2, 0.25) is 0 Å². The van der Waals surface area contributed by atoms with Crippen LogP contribution in [0.1, 0.15) is 141 Å². The Labute approximate surface area is 575 Å². The summed E-state index contributed by atoms with van der Waals surface area (Å²) in [6, 6.07) is 9.84. The number of pyridine rings is 1. The molecule has 29 nitrogen and oxygen atoms in total. The Morgan fingerprint density at radius 3 is 1.91 bits per heavy atom. The molecule has 0 spiro atoms. The molecule has 9 N–H and O–H groups in total. The highest BCUT2D eigenvalue weighted by Crippen LogP contribution is 2.31. The van der Waals surface area contributed by atoms with Gasteiger partial charge in [-0.2, -0.15) is 5.26 Å². The van der Waals surface area contributed by atoms with E-state index in [1.165, 1.54) is 38.3 Å². The highest BCUT2D eigenvalue weighted by atomic mass is 32.2. The number of benzene rings is 2. The summed E-state index contributed by atoms with van der Waals surface area (Å²) in [6.07, 6.45) is -0.179. The van der Waals surface area contributed by atoms with E-state index in [1.807, 2.05) is 19.9 Å². The maximum atomic E-state index is 14.8. The first-order valence-corrected chi connectivity index (χ1v) is 36.4. The van der Waals surface area contributed by atoms with Crippen LogP contribution in [0, 0.1) is 40.9 Å². The lowest BCUT2D eigenvalue weighted by Gasteiger charge is -2.41. The number of likely N-dealkylation sites (N-methyl/N-ethyl adjacent to an activating group) is 2. The van der Waals surface area contributed by atoms with Crippen LogP contribution < -0.4 is 37.6 Å². The van der Waals surface area contributed by atoms with Crippen LogP contribution in [-0.2, 0) is 69.3 Å². The van der Waals surface area contributed by atoms with Gasteiger partial charge in [0.1, 0.15) is 36.8 Å². The predicted molar refractivity (Wildman–Crippen MR) is 364 cm³/mol. The van der Waals surface area contributed by atoms with Crippen LogP contribution >= 0.6 is 0 Å². The molecular weight excluding hydrogens is 1310 g/mol. The molecule has 2 aromatic carbocycles. The minimum atomic E-state index is -4.40. The second kappa shape index (κ2) is 37.0. The van der Waals surface area contributed by atoms with E-state index in [2.05, 4.69) is 36.9 Å². The van der Waals surface area contributed by atoms with Crippen molar-refractivity contribution in [3.63, 3.8) is 0 Å². The van der Waals surface area contributed by atoms with Crippen LogP contribution in [0.15, 0.2) is 70.7 Å². The Bertz CT molecular complexity index is 3560. The van der Waals surface area contributed by atoms with Crippen molar-refractivity contribution in [2.45, 2.75) is 185 Å². The summed E-state index contributed by atoms with van der Waals surface area (Å²) in [5.41, 5.74) is 5.23. The van der Waals surface area contributed by atoms with E-state index in [1.54, 1.807) is 110 Å². The summed E-state index contributed by atoms with van der Waals surface area (Å²) in [5, 5.41) is 34.8. The second-order valence-corrected chi connectivity index (χ2v) is 29.9. The molecule has 10 amide bonds. The van der Waals surface area contributed by atoms with Gasteiger partial charge in [0.05, 0.1) is 59.9 Å². The largest absolute Gasteiger partial charge is 0.445 e. The number of hydrogen-bond donors (Lipinski definition) is 8. The topological polar surface area (TPSA) is 414 Å². The number of rotatable bonds is 35. The number of nitrogens with one attached hydrogen (secondary N) is 6. The van der Waals surface area contributed by atoms with Gasteiger partial charge in [-0.05, 0) is 85.6 Å². The zero-order chi connectivity index (χ0) is 73.8. The monoisotopic (exact) mass is 1410 g/mol. The van der Waals surface area contributed by atoms with Gasteiger partial charge in [0, 0.05) is 59.6 Å². The third-order valence-electron chi connectivity index (χ3n) is 17.5. The Morgan fingerprint density at radius 1 is 0.765 bits per heavy atom. The molecule has 0 radical (unpaired) electrons. The van der Waals surface area contributed by atoms with Gasteiger partial charge in [-0.1, -0.05) is 111 Å². The molecule has 1 aromatic heterocycles. The summed E-state index contributed by atoms with van der Waals surface area (Å²) in [6.45, 7) is 17.6. The number of aliphatic hydroxyl groups is 1. The van der Waals surface area contributed by atoms with Gasteiger partial charge >= 0.3 is 12.1 Å². The van der Waals surface area contributed by atoms with E-state index in [0.717, 1.165) is 11.0 Å². The standard InChI is InChI=1S/C67H100N12O17S2/c1-17-40(8)55(50(94-13)34-51(80)79-32-22-26-49(79)57(95-14)41(9)58(82)71-42(10)56(81)44-23-19-18-20-24-44)77(11)65(87)53(38(4)5)75-62(86)54(39(6)7)78(12)67(89)96-36-43-27-29-46(30-28-43)72-60(84)48(25-21-31-70-66(69)88)73-61(85)52(37(2)3)74-59(83)47-33-45(35-68)63(97(15,90)91)76-64(47)98(16,92)93/h18-20,23-24,27-30,33,37-42,48-50,52-57,81H,17,21-22,25-26,31-32,34,36H2,1-16H3,(H,71,82)(H,72,84)(H,73,85)(H,74,83)(H,75,86)(H3,69,70,88)/t40-,41+,42+,48-,49-,50+,52-,53-,54-,55-,56+,57+/m0/s1. The van der Waals surface area contributed by atoms with Gasteiger partial charge in [-0.3, -0.25) is 38.5 Å². The Kier molecular flexibility index (Phi) is 31.0. The second-order valence-electron chi connectivity index (χ2n) is 26.1. The lowest BCUT2D eigenvalue weighted by atomic mass is 9.89. The van der Waals surface area contributed by atoms with Gasteiger partial charge in [-0.15, -0.1) is 0 Å². The highest BCUT2D eigenvalue weighted by Gasteiger charge is 2.44. The average molecular weight is 1410 g/mol. The van der Waals surface area contributed by atoms with Crippen molar-refractivity contribution in [1.29, 1.82) is 5.26 Å². The summed E-state index contributed by atoms with van der Waals surface area (Å²) >= 11 is 0. The number of carbonyl (C=O) groups is 9. The number of nitrogens with zero attached hydrogens (tertiary/aromatic N) is 5. The van der Waals surface area contributed by atoms with Gasteiger partial charge in [0.2, 0.25) is 35.4 Å². The number of nitrogens with two attached hydrogens (primary N) is 1. The number of methoxy groups -OCH3 is 2. The van der Waals surface area contributed by atoms with Gasteiger partial charge in [-0.25, -0.2) is 31.4 Å². The molecule has 2 heterocycles. The Hall–Kier alpha value is -8.31. The number of amides is 10. The van der Waals surface area contributed by atoms with Crippen molar-refractivity contribution < 1.29 is 79.3 Å². The molecule has 0 bridgehead atoms. The summed E-state index contributed by atoms with van der Waals surface area (Å²) in [4.78, 5) is 132. The number of aliphatic hydroxyl groups excluding tert-OH is 1. The van der Waals surface area contributed by atoms with Gasteiger partial charge in [0.15, 0.2) is 29.7 Å². The van der Waals surface area contributed by atoms with E-state index in [9.17, 15) is 70.4 Å². The molecule has 0 saturated carbocycles. The van der Waals surface area contributed by atoms with Crippen LogP contribution in [0.25, 0.3) is 0 Å². The number of ether oxygens (including phenoxy) is 3. The number of aromatic nitrogens is 1.